The van der Waals surface area contributed by atoms with Gasteiger partial charge < -0.3 is 25.8 Å². The Hall–Kier alpha value is -0.960. The average molecular weight is 320 g/mol. The third-order valence-corrected chi connectivity index (χ3v) is 2.94. The number of thiocarbonyl (C=S) groups is 1. The van der Waals surface area contributed by atoms with E-state index in [1.165, 1.54) is 0 Å². The van der Waals surface area contributed by atoms with Gasteiger partial charge in [-0.1, -0.05) is 26.1 Å². The Morgan fingerprint density at radius 2 is 1.43 bits per heavy atom. The van der Waals surface area contributed by atoms with Gasteiger partial charge in [0.05, 0.1) is 31.4 Å². The van der Waals surface area contributed by atoms with Crippen molar-refractivity contribution >= 4 is 23.2 Å². The molecular formula is C13H28N4O3S. The van der Waals surface area contributed by atoms with Crippen LogP contribution in [-0.4, -0.2) is 80.0 Å². The molecule has 0 spiro atoms. The van der Waals surface area contributed by atoms with Crippen molar-refractivity contribution in [3.05, 3.63) is 0 Å². The first kappa shape index (κ1) is 20.0. The van der Waals surface area contributed by atoms with Crippen molar-refractivity contribution in [2.45, 2.75) is 13.8 Å². The zero-order valence-electron chi connectivity index (χ0n) is 13.0. The van der Waals surface area contributed by atoms with E-state index < -0.39 is 0 Å². The SMILES string of the molecule is CC.NC(=O)N1CCOCC1.NC(=S)CN1CCOCC1. The number of carbonyl (C=O) groups is 1. The largest absolute Gasteiger partial charge is 0.392 e. The summed E-state index contributed by atoms with van der Waals surface area (Å²) in [5.74, 6) is 0. The van der Waals surface area contributed by atoms with Crippen LogP contribution in [0.3, 0.4) is 0 Å². The van der Waals surface area contributed by atoms with Crippen molar-refractivity contribution in [2.75, 3.05) is 59.2 Å². The minimum absolute atomic E-state index is 0.349. The first-order valence-corrected chi connectivity index (χ1v) is 7.71. The molecule has 0 aromatic heterocycles. The maximum absolute atomic E-state index is 10.4. The fourth-order valence-corrected chi connectivity index (χ4v) is 1.95. The molecule has 2 heterocycles. The number of hydrogen-bond acceptors (Lipinski definition) is 5. The number of carbonyl (C=O) groups excluding carboxylic acids is 1. The van der Waals surface area contributed by atoms with Gasteiger partial charge in [0, 0.05) is 32.7 Å². The summed E-state index contributed by atoms with van der Waals surface area (Å²) >= 11 is 4.77. The molecule has 4 N–H and O–H groups in total. The molecule has 0 radical (unpaired) electrons. The molecule has 2 aliphatic rings. The number of nitrogens with zero attached hydrogens (tertiary/aromatic N) is 2. The summed E-state index contributed by atoms with van der Waals surface area (Å²) < 4.78 is 10.2. The maximum Gasteiger partial charge on any atom is 0.314 e. The van der Waals surface area contributed by atoms with Crippen LogP contribution in [0, 0.1) is 0 Å². The van der Waals surface area contributed by atoms with Gasteiger partial charge in [-0.25, -0.2) is 4.79 Å². The monoisotopic (exact) mass is 320 g/mol. The van der Waals surface area contributed by atoms with E-state index in [1.54, 1.807) is 4.90 Å². The Bertz CT molecular complexity index is 293. The number of nitrogens with two attached hydrogens (primary N) is 2. The second-order valence-electron chi connectivity index (χ2n) is 4.29. The van der Waals surface area contributed by atoms with Crippen LogP contribution in [0.2, 0.25) is 0 Å². The number of primary amides is 1. The van der Waals surface area contributed by atoms with Crippen molar-refractivity contribution in [3.8, 4) is 0 Å². The Balaban J connectivity index is 0.000000342. The highest BCUT2D eigenvalue weighted by Gasteiger charge is 2.12. The highest BCUT2D eigenvalue weighted by Crippen LogP contribution is 1.95. The standard InChI is InChI=1S/C6H12N2OS.C5H10N2O2.C2H6/c7-6(10)5-8-1-3-9-4-2-8;6-5(8)7-1-3-9-4-2-7;1-2/h1-5H2,(H2,7,10);1-4H2,(H2,6,8);1-2H3. The van der Waals surface area contributed by atoms with Crippen molar-refractivity contribution in [1.82, 2.24) is 9.80 Å². The molecular weight excluding hydrogens is 292 g/mol. The van der Waals surface area contributed by atoms with Crippen LogP contribution in [0.4, 0.5) is 4.79 Å². The molecule has 2 fully saturated rings. The lowest BCUT2D eigenvalue weighted by molar-refractivity contribution is 0.0454. The minimum atomic E-state index is -0.349. The molecule has 0 bridgehead atoms. The van der Waals surface area contributed by atoms with Gasteiger partial charge in [0.25, 0.3) is 0 Å². The third kappa shape index (κ3) is 10.4. The second-order valence-corrected chi connectivity index (χ2v) is 4.82. The number of rotatable bonds is 2. The number of morpholine rings is 2. The summed E-state index contributed by atoms with van der Waals surface area (Å²) in [6.07, 6.45) is 0. The Morgan fingerprint density at radius 3 is 1.76 bits per heavy atom. The van der Waals surface area contributed by atoms with Crippen molar-refractivity contribution in [1.29, 1.82) is 0 Å². The van der Waals surface area contributed by atoms with Gasteiger partial charge in [0.2, 0.25) is 0 Å². The van der Waals surface area contributed by atoms with E-state index in [1.807, 2.05) is 13.8 Å². The topological polar surface area (TPSA) is 94.0 Å². The van der Waals surface area contributed by atoms with Crippen LogP contribution < -0.4 is 11.5 Å². The highest BCUT2D eigenvalue weighted by atomic mass is 32.1. The van der Waals surface area contributed by atoms with E-state index in [2.05, 4.69) is 4.90 Å². The van der Waals surface area contributed by atoms with Gasteiger partial charge >= 0.3 is 6.03 Å². The van der Waals surface area contributed by atoms with Crippen LogP contribution >= 0.6 is 12.2 Å². The quantitative estimate of drug-likeness (QED) is 0.697. The van der Waals surface area contributed by atoms with Gasteiger partial charge in [-0.15, -0.1) is 0 Å². The van der Waals surface area contributed by atoms with E-state index in [-0.39, 0.29) is 6.03 Å². The van der Waals surface area contributed by atoms with E-state index >= 15 is 0 Å². The lowest BCUT2D eigenvalue weighted by Gasteiger charge is -2.25. The lowest BCUT2D eigenvalue weighted by Crippen LogP contribution is -2.43. The molecule has 7 nitrogen and oxygen atoms in total. The van der Waals surface area contributed by atoms with Gasteiger partial charge in [0.1, 0.15) is 0 Å². The zero-order valence-corrected chi connectivity index (χ0v) is 13.9. The molecule has 8 heteroatoms. The number of urea groups is 1. The number of hydrogen-bond donors (Lipinski definition) is 2. The first-order valence-electron chi connectivity index (χ1n) is 7.30. The van der Waals surface area contributed by atoms with Gasteiger partial charge in [-0.3, -0.25) is 4.90 Å². The Labute approximate surface area is 132 Å². The fraction of sp³-hybridized carbons (Fsp3) is 0.846. The molecule has 0 aliphatic carbocycles. The van der Waals surface area contributed by atoms with E-state index in [0.29, 0.717) is 31.3 Å². The van der Waals surface area contributed by atoms with Crippen molar-refractivity contribution in [3.63, 3.8) is 0 Å². The molecule has 0 aromatic rings. The smallest absolute Gasteiger partial charge is 0.314 e. The van der Waals surface area contributed by atoms with Crippen LogP contribution in [-0.2, 0) is 9.47 Å². The van der Waals surface area contributed by atoms with Crippen LogP contribution in [0.25, 0.3) is 0 Å². The van der Waals surface area contributed by atoms with E-state index in [4.69, 9.17) is 33.2 Å². The molecule has 124 valence electrons. The molecule has 0 unspecified atom stereocenters. The number of amides is 2. The zero-order chi connectivity index (χ0) is 16.1. The molecule has 0 aromatic carbocycles. The van der Waals surface area contributed by atoms with E-state index in [9.17, 15) is 4.79 Å². The second kappa shape index (κ2) is 12.8. The summed E-state index contributed by atoms with van der Waals surface area (Å²) in [6, 6.07) is -0.349. The Morgan fingerprint density at radius 1 is 1.00 bits per heavy atom. The van der Waals surface area contributed by atoms with Gasteiger partial charge in [0.15, 0.2) is 0 Å². The summed E-state index contributed by atoms with van der Waals surface area (Å²) in [6.45, 7) is 10.8. The highest BCUT2D eigenvalue weighted by molar-refractivity contribution is 7.80. The van der Waals surface area contributed by atoms with Crippen LogP contribution in [0.1, 0.15) is 13.8 Å². The van der Waals surface area contributed by atoms with Gasteiger partial charge in [-0.2, -0.15) is 0 Å². The predicted molar refractivity (Wildman–Crippen MR) is 87.4 cm³/mol. The van der Waals surface area contributed by atoms with Crippen LogP contribution in [0.15, 0.2) is 0 Å². The van der Waals surface area contributed by atoms with E-state index in [0.717, 1.165) is 32.8 Å². The van der Waals surface area contributed by atoms with Gasteiger partial charge in [-0.05, 0) is 0 Å². The minimum Gasteiger partial charge on any atom is -0.392 e. The maximum atomic E-state index is 10.4. The van der Waals surface area contributed by atoms with Crippen molar-refractivity contribution < 1.29 is 14.3 Å². The fourth-order valence-electron chi connectivity index (χ4n) is 1.76. The molecule has 2 rings (SSSR count). The normalized spacial score (nSPS) is 18.7. The molecule has 2 amide bonds. The van der Waals surface area contributed by atoms with Crippen molar-refractivity contribution in [2.24, 2.45) is 11.5 Å². The lowest BCUT2D eigenvalue weighted by atomic mass is 10.4. The molecule has 2 aliphatic heterocycles. The van der Waals surface area contributed by atoms with Crippen LogP contribution in [0.5, 0.6) is 0 Å². The summed E-state index contributed by atoms with van der Waals surface area (Å²) in [5.41, 5.74) is 10.4. The molecule has 21 heavy (non-hydrogen) atoms. The predicted octanol–water partition coefficient (Wildman–Crippen LogP) is 0.0282. The third-order valence-electron chi connectivity index (χ3n) is 2.81. The first-order chi connectivity index (χ1) is 10.1. The summed E-state index contributed by atoms with van der Waals surface area (Å²) in [4.78, 5) is 14.8. The average Bonchev–Trinajstić information content (AvgIpc) is 2.51. The Kier molecular flexibility index (Phi) is 12.2. The molecule has 2 saturated heterocycles. The number of ether oxygens (including phenoxy) is 2. The summed E-state index contributed by atoms with van der Waals surface area (Å²) in [5, 5.41) is 0. The molecule has 0 saturated carbocycles. The molecule has 0 atom stereocenters. The summed E-state index contributed by atoms with van der Waals surface area (Å²) in [7, 11) is 0.